The summed E-state index contributed by atoms with van der Waals surface area (Å²) in [5.41, 5.74) is 1.09. The quantitative estimate of drug-likeness (QED) is 0.832. The number of carbonyl (C=O) groups is 1. The largest absolute Gasteiger partial charge is 0.379 e. The molecule has 8 nitrogen and oxygen atoms in total. The number of anilines is 1. The Kier molecular flexibility index (Phi) is 5.35. The lowest BCUT2D eigenvalue weighted by Crippen LogP contribution is -2.40. The van der Waals surface area contributed by atoms with Crippen molar-refractivity contribution in [1.82, 2.24) is 13.9 Å². The maximum absolute atomic E-state index is 13.1. The molecular formula is C16H19FN4O4S. The molecule has 1 fully saturated rings. The SMILES string of the molecule is Cc1cc(F)ccc1NC(=O)Cn1cnc(S(=O)(=O)N2CCOCC2)c1. The van der Waals surface area contributed by atoms with Gasteiger partial charge in [-0.25, -0.2) is 17.8 Å². The van der Waals surface area contributed by atoms with Gasteiger partial charge in [0.1, 0.15) is 12.4 Å². The van der Waals surface area contributed by atoms with E-state index in [2.05, 4.69) is 10.3 Å². The molecule has 0 aliphatic carbocycles. The third kappa shape index (κ3) is 4.09. The number of halogens is 1. The molecule has 0 saturated carbocycles. The molecule has 0 unspecified atom stereocenters. The van der Waals surface area contributed by atoms with Gasteiger partial charge in [-0.15, -0.1) is 0 Å². The first-order valence-electron chi connectivity index (χ1n) is 8.02. The van der Waals surface area contributed by atoms with Gasteiger partial charge in [-0.05, 0) is 30.7 Å². The molecule has 0 spiro atoms. The molecule has 3 rings (SSSR count). The van der Waals surface area contributed by atoms with Crippen LogP contribution in [0.3, 0.4) is 0 Å². The second-order valence-corrected chi connectivity index (χ2v) is 7.79. The van der Waals surface area contributed by atoms with Crippen molar-refractivity contribution in [2.75, 3.05) is 31.6 Å². The monoisotopic (exact) mass is 382 g/mol. The van der Waals surface area contributed by atoms with Gasteiger partial charge in [0.25, 0.3) is 10.0 Å². The second kappa shape index (κ2) is 7.52. The summed E-state index contributed by atoms with van der Waals surface area (Å²) in [6.45, 7) is 2.82. The molecular weight excluding hydrogens is 363 g/mol. The number of hydrogen-bond donors (Lipinski definition) is 1. The van der Waals surface area contributed by atoms with Crippen LogP contribution >= 0.6 is 0 Å². The Morgan fingerprint density at radius 2 is 2.08 bits per heavy atom. The van der Waals surface area contributed by atoms with Crippen LogP contribution in [0.25, 0.3) is 0 Å². The minimum atomic E-state index is -3.70. The van der Waals surface area contributed by atoms with E-state index >= 15 is 0 Å². The number of imidazole rings is 1. The van der Waals surface area contributed by atoms with Crippen LogP contribution in [-0.4, -0.2) is 54.5 Å². The Morgan fingerprint density at radius 1 is 1.35 bits per heavy atom. The van der Waals surface area contributed by atoms with Crippen molar-refractivity contribution in [2.24, 2.45) is 0 Å². The van der Waals surface area contributed by atoms with Crippen molar-refractivity contribution in [3.8, 4) is 0 Å². The standard InChI is InChI=1S/C16H19FN4O4S/c1-12-8-13(17)2-3-14(12)19-15(22)9-20-10-16(18-11-20)26(23,24)21-4-6-25-7-5-21/h2-3,8,10-11H,4-7,9H2,1H3,(H,19,22). The molecule has 1 N–H and O–H groups in total. The van der Waals surface area contributed by atoms with Crippen LogP contribution in [0.15, 0.2) is 35.7 Å². The average Bonchev–Trinajstić information content (AvgIpc) is 3.07. The molecule has 0 bridgehead atoms. The van der Waals surface area contributed by atoms with Crippen LogP contribution in [0, 0.1) is 12.7 Å². The highest BCUT2D eigenvalue weighted by molar-refractivity contribution is 7.89. The van der Waals surface area contributed by atoms with Gasteiger partial charge < -0.3 is 14.6 Å². The molecule has 2 aromatic rings. The van der Waals surface area contributed by atoms with Crippen LogP contribution in [0.5, 0.6) is 0 Å². The lowest BCUT2D eigenvalue weighted by Gasteiger charge is -2.24. The fraction of sp³-hybridized carbons (Fsp3) is 0.375. The number of morpholine rings is 1. The van der Waals surface area contributed by atoms with Crippen molar-refractivity contribution >= 4 is 21.6 Å². The van der Waals surface area contributed by atoms with Gasteiger partial charge in [-0.3, -0.25) is 4.79 Å². The fourth-order valence-electron chi connectivity index (χ4n) is 2.60. The van der Waals surface area contributed by atoms with Crippen LogP contribution in [0.4, 0.5) is 10.1 Å². The molecule has 0 radical (unpaired) electrons. The number of ether oxygens (including phenoxy) is 1. The fourth-order valence-corrected chi connectivity index (χ4v) is 3.94. The van der Waals surface area contributed by atoms with E-state index in [-0.39, 0.29) is 36.4 Å². The Balaban J connectivity index is 1.67. The molecule has 1 aromatic carbocycles. The summed E-state index contributed by atoms with van der Waals surface area (Å²) in [7, 11) is -3.70. The number of amides is 1. The van der Waals surface area contributed by atoms with E-state index < -0.39 is 10.0 Å². The minimum absolute atomic E-state index is 0.106. The average molecular weight is 382 g/mol. The molecule has 0 atom stereocenters. The van der Waals surface area contributed by atoms with Crippen molar-refractivity contribution in [3.05, 3.63) is 42.1 Å². The van der Waals surface area contributed by atoms with Crippen LogP contribution in [0.2, 0.25) is 0 Å². The zero-order valence-corrected chi connectivity index (χ0v) is 15.0. The van der Waals surface area contributed by atoms with E-state index in [9.17, 15) is 17.6 Å². The maximum Gasteiger partial charge on any atom is 0.262 e. The van der Waals surface area contributed by atoms with Gasteiger partial charge in [-0.1, -0.05) is 0 Å². The van der Waals surface area contributed by atoms with Crippen LogP contribution in [0.1, 0.15) is 5.56 Å². The van der Waals surface area contributed by atoms with Crippen molar-refractivity contribution in [3.63, 3.8) is 0 Å². The number of aromatic nitrogens is 2. The highest BCUT2D eigenvalue weighted by atomic mass is 32.2. The summed E-state index contributed by atoms with van der Waals surface area (Å²) in [6.07, 6.45) is 2.62. The predicted octanol–water partition coefficient (Wildman–Crippen LogP) is 0.990. The summed E-state index contributed by atoms with van der Waals surface area (Å²) in [5.74, 6) is -0.750. The molecule has 26 heavy (non-hydrogen) atoms. The van der Waals surface area contributed by atoms with E-state index in [4.69, 9.17) is 4.74 Å². The van der Waals surface area contributed by atoms with Crippen molar-refractivity contribution in [1.29, 1.82) is 0 Å². The first-order chi connectivity index (χ1) is 12.4. The topological polar surface area (TPSA) is 93.5 Å². The first kappa shape index (κ1) is 18.5. The summed E-state index contributed by atoms with van der Waals surface area (Å²) in [6, 6.07) is 4.05. The number of carbonyl (C=O) groups excluding carboxylic acids is 1. The van der Waals surface area contributed by atoms with Gasteiger partial charge in [0.2, 0.25) is 5.91 Å². The van der Waals surface area contributed by atoms with Crippen LogP contribution in [-0.2, 0) is 26.1 Å². The number of aryl methyl sites for hydroxylation is 1. The normalized spacial score (nSPS) is 15.8. The van der Waals surface area contributed by atoms with E-state index in [1.807, 2.05) is 0 Å². The summed E-state index contributed by atoms with van der Waals surface area (Å²) < 4.78 is 46.0. The molecule has 1 aliphatic rings. The minimum Gasteiger partial charge on any atom is -0.379 e. The maximum atomic E-state index is 13.1. The second-order valence-electron chi connectivity index (χ2n) is 5.91. The third-order valence-corrected chi connectivity index (χ3v) is 5.76. The van der Waals surface area contributed by atoms with Gasteiger partial charge in [0, 0.05) is 25.0 Å². The van der Waals surface area contributed by atoms with E-state index in [0.29, 0.717) is 24.5 Å². The number of hydrogen-bond acceptors (Lipinski definition) is 5. The van der Waals surface area contributed by atoms with Gasteiger partial charge >= 0.3 is 0 Å². The summed E-state index contributed by atoms with van der Waals surface area (Å²) in [5, 5.41) is 2.56. The third-order valence-electron chi connectivity index (χ3n) is 3.97. The highest BCUT2D eigenvalue weighted by Gasteiger charge is 2.28. The zero-order chi connectivity index (χ0) is 18.7. The van der Waals surface area contributed by atoms with E-state index in [0.717, 1.165) is 0 Å². The van der Waals surface area contributed by atoms with Crippen molar-refractivity contribution in [2.45, 2.75) is 18.5 Å². The van der Waals surface area contributed by atoms with Gasteiger partial charge in [-0.2, -0.15) is 4.31 Å². The Morgan fingerprint density at radius 3 is 2.77 bits per heavy atom. The lowest BCUT2D eigenvalue weighted by molar-refractivity contribution is -0.116. The molecule has 140 valence electrons. The number of sulfonamides is 1. The first-order valence-corrected chi connectivity index (χ1v) is 9.46. The van der Waals surface area contributed by atoms with E-state index in [1.54, 1.807) is 6.92 Å². The summed E-state index contributed by atoms with van der Waals surface area (Å²) >= 11 is 0. The number of nitrogens with zero attached hydrogens (tertiary/aromatic N) is 3. The zero-order valence-electron chi connectivity index (χ0n) is 14.2. The number of rotatable bonds is 5. The summed E-state index contributed by atoms with van der Waals surface area (Å²) in [4.78, 5) is 16.1. The molecule has 10 heteroatoms. The smallest absolute Gasteiger partial charge is 0.262 e. The predicted molar refractivity (Wildman–Crippen MR) is 91.6 cm³/mol. The highest BCUT2D eigenvalue weighted by Crippen LogP contribution is 2.17. The number of benzene rings is 1. The van der Waals surface area contributed by atoms with Crippen LogP contribution < -0.4 is 5.32 Å². The van der Waals surface area contributed by atoms with Gasteiger partial charge in [0.15, 0.2) is 5.03 Å². The molecule has 1 saturated heterocycles. The van der Waals surface area contributed by atoms with E-state index in [1.165, 1.54) is 39.6 Å². The molecule has 1 aromatic heterocycles. The Labute approximate surface area is 150 Å². The van der Waals surface area contributed by atoms with Crippen molar-refractivity contribution < 1.29 is 22.3 Å². The number of nitrogens with one attached hydrogen (secondary N) is 1. The Hall–Kier alpha value is -2.30. The molecule has 1 amide bonds. The molecule has 2 heterocycles. The van der Waals surface area contributed by atoms with Gasteiger partial charge in [0.05, 0.1) is 19.5 Å². The molecule has 1 aliphatic heterocycles. The lowest BCUT2D eigenvalue weighted by atomic mass is 10.2. The Bertz CT molecular complexity index is 907.